The Morgan fingerprint density at radius 2 is 1.68 bits per heavy atom. The Bertz CT molecular complexity index is 391. The van der Waals surface area contributed by atoms with E-state index in [1.165, 1.54) is 12.1 Å². The highest BCUT2D eigenvalue weighted by atomic mass is 35.5. The van der Waals surface area contributed by atoms with Gasteiger partial charge < -0.3 is 15.6 Å². The molecule has 6 heteroatoms. The number of ether oxygens (including phenoxy) is 1. The van der Waals surface area contributed by atoms with Crippen molar-refractivity contribution in [3.8, 4) is 5.75 Å². The van der Waals surface area contributed by atoms with E-state index in [0.717, 1.165) is 0 Å². The highest BCUT2D eigenvalue weighted by Gasteiger charge is 2.37. The Labute approximate surface area is 118 Å². The fourth-order valence-electron chi connectivity index (χ4n) is 1.44. The van der Waals surface area contributed by atoms with Crippen LogP contribution in [0.4, 0.5) is 8.78 Å². The van der Waals surface area contributed by atoms with Crippen molar-refractivity contribution in [3.05, 3.63) is 29.8 Å². The van der Waals surface area contributed by atoms with Crippen molar-refractivity contribution >= 4 is 12.4 Å². The SMILES string of the molecule is CC(C)(C)Oc1ccc([C@@H](N)C(F)(F)CO)cc1.Cl. The van der Waals surface area contributed by atoms with Crippen LogP contribution < -0.4 is 10.5 Å². The highest BCUT2D eigenvalue weighted by molar-refractivity contribution is 5.85. The maximum atomic E-state index is 13.2. The Hall–Kier alpha value is -0.910. The molecule has 0 aliphatic rings. The fraction of sp³-hybridized carbons (Fsp3) is 0.538. The second kappa shape index (κ2) is 6.50. The Balaban J connectivity index is 0.00000324. The van der Waals surface area contributed by atoms with Gasteiger partial charge >= 0.3 is 0 Å². The first-order valence-electron chi connectivity index (χ1n) is 5.69. The molecule has 0 radical (unpaired) electrons. The van der Waals surface area contributed by atoms with Crippen LogP contribution in [0, 0.1) is 0 Å². The monoisotopic (exact) mass is 295 g/mol. The molecule has 0 aliphatic heterocycles. The van der Waals surface area contributed by atoms with E-state index in [9.17, 15) is 8.78 Å². The third-order valence-corrected chi connectivity index (χ3v) is 2.33. The van der Waals surface area contributed by atoms with E-state index >= 15 is 0 Å². The number of aliphatic hydroxyl groups excluding tert-OH is 1. The molecule has 0 aliphatic carbocycles. The molecule has 1 aromatic carbocycles. The van der Waals surface area contributed by atoms with Crippen LogP contribution in [0.1, 0.15) is 32.4 Å². The lowest BCUT2D eigenvalue weighted by Gasteiger charge is -2.23. The second-order valence-corrected chi connectivity index (χ2v) is 5.18. The van der Waals surface area contributed by atoms with Crippen LogP contribution in [0.5, 0.6) is 5.75 Å². The van der Waals surface area contributed by atoms with Gasteiger partial charge in [-0.2, -0.15) is 0 Å². The van der Waals surface area contributed by atoms with Crippen molar-refractivity contribution in [1.29, 1.82) is 0 Å². The van der Waals surface area contributed by atoms with Gasteiger partial charge in [0, 0.05) is 0 Å². The normalized spacial score (nSPS) is 13.6. The van der Waals surface area contributed by atoms with Gasteiger partial charge in [0.25, 0.3) is 5.92 Å². The van der Waals surface area contributed by atoms with Crippen molar-refractivity contribution in [2.24, 2.45) is 5.73 Å². The van der Waals surface area contributed by atoms with Gasteiger partial charge in [-0.1, -0.05) is 12.1 Å². The molecular weight excluding hydrogens is 276 g/mol. The second-order valence-electron chi connectivity index (χ2n) is 5.18. The van der Waals surface area contributed by atoms with Crippen LogP contribution in [0.15, 0.2) is 24.3 Å². The topological polar surface area (TPSA) is 55.5 Å². The first kappa shape index (κ1) is 18.1. The van der Waals surface area contributed by atoms with Gasteiger partial charge in [-0.15, -0.1) is 12.4 Å². The number of rotatable bonds is 4. The number of alkyl halides is 2. The molecule has 3 nitrogen and oxygen atoms in total. The lowest BCUT2D eigenvalue weighted by molar-refractivity contribution is -0.0712. The van der Waals surface area contributed by atoms with Crippen molar-refractivity contribution < 1.29 is 18.6 Å². The predicted octanol–water partition coefficient (Wildman–Crippen LogP) is 2.91. The van der Waals surface area contributed by atoms with E-state index in [-0.39, 0.29) is 23.6 Å². The zero-order chi connectivity index (χ0) is 14.0. The summed E-state index contributed by atoms with van der Waals surface area (Å²) in [6, 6.07) is 4.62. The van der Waals surface area contributed by atoms with Crippen LogP contribution in [0.2, 0.25) is 0 Å². The number of benzene rings is 1. The van der Waals surface area contributed by atoms with E-state index in [0.29, 0.717) is 5.75 Å². The molecule has 0 saturated heterocycles. The lowest BCUT2D eigenvalue weighted by atomic mass is 10.0. The Morgan fingerprint density at radius 3 is 2.05 bits per heavy atom. The molecule has 0 heterocycles. The zero-order valence-electron chi connectivity index (χ0n) is 11.2. The van der Waals surface area contributed by atoms with Crippen LogP contribution in [0.3, 0.4) is 0 Å². The summed E-state index contributed by atoms with van der Waals surface area (Å²) in [6.07, 6.45) is 0. The Morgan fingerprint density at radius 1 is 1.21 bits per heavy atom. The van der Waals surface area contributed by atoms with Gasteiger partial charge in [-0.25, -0.2) is 8.78 Å². The van der Waals surface area contributed by atoms with Crippen molar-refractivity contribution in [2.75, 3.05) is 6.61 Å². The zero-order valence-corrected chi connectivity index (χ0v) is 12.0. The largest absolute Gasteiger partial charge is 0.488 e. The smallest absolute Gasteiger partial charge is 0.289 e. The van der Waals surface area contributed by atoms with Crippen LogP contribution in [-0.4, -0.2) is 23.2 Å². The van der Waals surface area contributed by atoms with E-state index in [1.807, 2.05) is 20.8 Å². The molecule has 3 N–H and O–H groups in total. The molecule has 0 bridgehead atoms. The first-order chi connectivity index (χ1) is 8.15. The summed E-state index contributed by atoms with van der Waals surface area (Å²) in [7, 11) is 0. The standard InChI is InChI=1S/C13H19F2NO2.ClH/c1-12(2,3)18-10-6-4-9(5-7-10)11(16)13(14,15)8-17;/h4-7,11,17H,8,16H2,1-3H3;1H/t11-;/m1./s1. The summed E-state index contributed by atoms with van der Waals surface area (Å²) in [5.74, 6) is -2.74. The maximum Gasteiger partial charge on any atom is 0.289 e. The molecule has 1 aromatic rings. The van der Waals surface area contributed by atoms with Crippen molar-refractivity contribution in [2.45, 2.75) is 38.3 Å². The predicted molar refractivity (Wildman–Crippen MR) is 73.0 cm³/mol. The van der Waals surface area contributed by atoms with E-state index in [1.54, 1.807) is 12.1 Å². The summed E-state index contributed by atoms with van der Waals surface area (Å²) < 4.78 is 32.0. The number of hydrogen-bond acceptors (Lipinski definition) is 3. The fourth-order valence-corrected chi connectivity index (χ4v) is 1.44. The summed E-state index contributed by atoms with van der Waals surface area (Å²) in [4.78, 5) is 0. The van der Waals surface area contributed by atoms with Crippen LogP contribution in [-0.2, 0) is 0 Å². The molecule has 0 amide bonds. The summed E-state index contributed by atoms with van der Waals surface area (Å²) in [5.41, 5.74) is 5.32. The molecule has 0 saturated carbocycles. The summed E-state index contributed by atoms with van der Waals surface area (Å²) in [5, 5.41) is 8.58. The van der Waals surface area contributed by atoms with E-state index in [4.69, 9.17) is 15.6 Å². The number of aliphatic hydroxyl groups is 1. The molecule has 0 aromatic heterocycles. The third-order valence-electron chi connectivity index (χ3n) is 2.33. The van der Waals surface area contributed by atoms with Crippen molar-refractivity contribution in [3.63, 3.8) is 0 Å². The molecule has 0 unspecified atom stereocenters. The molecular formula is C13H20ClF2NO2. The van der Waals surface area contributed by atoms with Crippen LogP contribution in [0.25, 0.3) is 0 Å². The van der Waals surface area contributed by atoms with E-state index in [2.05, 4.69) is 0 Å². The van der Waals surface area contributed by atoms with Gasteiger partial charge in [0.2, 0.25) is 0 Å². The minimum absolute atomic E-state index is 0. The number of hydrogen-bond donors (Lipinski definition) is 2. The maximum absolute atomic E-state index is 13.2. The van der Waals surface area contributed by atoms with Gasteiger partial charge in [0.15, 0.2) is 0 Å². The molecule has 1 atom stereocenters. The van der Waals surface area contributed by atoms with Gasteiger partial charge in [-0.05, 0) is 38.5 Å². The third kappa shape index (κ3) is 5.30. The minimum Gasteiger partial charge on any atom is -0.488 e. The molecule has 0 spiro atoms. The first-order valence-corrected chi connectivity index (χ1v) is 5.69. The minimum atomic E-state index is -3.33. The van der Waals surface area contributed by atoms with Crippen LogP contribution >= 0.6 is 12.4 Å². The Kier molecular flexibility index (Phi) is 6.19. The van der Waals surface area contributed by atoms with Crippen molar-refractivity contribution in [1.82, 2.24) is 0 Å². The molecule has 19 heavy (non-hydrogen) atoms. The number of halogens is 3. The summed E-state index contributed by atoms with van der Waals surface area (Å²) in [6.45, 7) is 4.42. The average molecular weight is 296 g/mol. The summed E-state index contributed by atoms with van der Waals surface area (Å²) >= 11 is 0. The molecule has 0 fully saturated rings. The highest BCUT2D eigenvalue weighted by Crippen LogP contribution is 2.30. The van der Waals surface area contributed by atoms with Gasteiger partial charge in [0.1, 0.15) is 18.0 Å². The van der Waals surface area contributed by atoms with Gasteiger partial charge in [-0.3, -0.25) is 0 Å². The quantitative estimate of drug-likeness (QED) is 0.898. The van der Waals surface area contributed by atoms with E-state index < -0.39 is 18.6 Å². The number of nitrogens with two attached hydrogens (primary N) is 1. The molecule has 1 rings (SSSR count). The average Bonchev–Trinajstić information content (AvgIpc) is 2.27. The van der Waals surface area contributed by atoms with Gasteiger partial charge in [0.05, 0.1) is 6.04 Å². The lowest BCUT2D eigenvalue weighted by Crippen LogP contribution is -2.36. The molecule has 110 valence electrons.